The number of ether oxygens (including phenoxy) is 1. The topological polar surface area (TPSA) is 79.0 Å². The number of nitrogens with zero attached hydrogens (tertiary/aromatic N) is 2. The van der Waals surface area contributed by atoms with E-state index in [1.807, 2.05) is 52.3 Å². The maximum absolute atomic E-state index is 13.6. The van der Waals surface area contributed by atoms with Crippen LogP contribution < -0.4 is 10.1 Å². The zero-order chi connectivity index (χ0) is 26.5. The quantitative estimate of drug-likeness (QED) is 0.563. The van der Waals surface area contributed by atoms with E-state index in [-0.39, 0.29) is 41.6 Å². The highest BCUT2D eigenvalue weighted by Gasteiger charge is 2.37. The fourth-order valence-electron chi connectivity index (χ4n) is 5.85. The van der Waals surface area contributed by atoms with Crippen LogP contribution in [0.25, 0.3) is 0 Å². The second kappa shape index (κ2) is 12.0. The Balaban J connectivity index is 1.16. The molecule has 3 amide bonds. The molecule has 202 valence electrons. The average molecular weight is 518 g/mol. The van der Waals surface area contributed by atoms with Crippen LogP contribution >= 0.6 is 0 Å². The molecule has 0 unspecified atom stereocenters. The summed E-state index contributed by atoms with van der Waals surface area (Å²) in [5.41, 5.74) is 1.76. The van der Waals surface area contributed by atoms with Gasteiger partial charge in [0.2, 0.25) is 11.8 Å². The summed E-state index contributed by atoms with van der Waals surface area (Å²) in [7, 11) is 1.62. The lowest BCUT2D eigenvalue weighted by molar-refractivity contribution is -0.136. The first-order valence-corrected chi connectivity index (χ1v) is 14.1. The van der Waals surface area contributed by atoms with Crippen LogP contribution in [-0.4, -0.2) is 59.8 Å². The second-order valence-electron chi connectivity index (χ2n) is 11.0. The summed E-state index contributed by atoms with van der Waals surface area (Å²) in [6.07, 6.45) is 6.98. The van der Waals surface area contributed by atoms with Crippen molar-refractivity contribution in [3.63, 3.8) is 0 Å². The maximum atomic E-state index is 13.6. The minimum absolute atomic E-state index is 0.0118. The van der Waals surface area contributed by atoms with Crippen molar-refractivity contribution in [3.8, 4) is 5.75 Å². The van der Waals surface area contributed by atoms with Crippen LogP contribution in [0.15, 0.2) is 54.6 Å². The maximum Gasteiger partial charge on any atom is 0.254 e. The van der Waals surface area contributed by atoms with E-state index in [0.29, 0.717) is 25.2 Å². The van der Waals surface area contributed by atoms with Crippen molar-refractivity contribution >= 4 is 17.7 Å². The number of carbonyl (C=O) groups excluding carboxylic acids is 3. The number of amides is 3. The lowest BCUT2D eigenvalue weighted by atomic mass is 9.88. The van der Waals surface area contributed by atoms with Crippen molar-refractivity contribution in [3.05, 3.63) is 65.7 Å². The van der Waals surface area contributed by atoms with Crippen molar-refractivity contribution in [1.82, 2.24) is 15.1 Å². The van der Waals surface area contributed by atoms with Crippen LogP contribution in [0.1, 0.15) is 67.3 Å². The molecule has 0 bridgehead atoms. The van der Waals surface area contributed by atoms with Crippen LogP contribution in [-0.2, 0) is 16.1 Å². The van der Waals surface area contributed by atoms with Crippen molar-refractivity contribution < 1.29 is 19.1 Å². The van der Waals surface area contributed by atoms with E-state index in [1.165, 1.54) is 0 Å². The molecule has 7 nitrogen and oxygen atoms in total. The zero-order valence-corrected chi connectivity index (χ0v) is 22.3. The fourth-order valence-corrected chi connectivity index (χ4v) is 5.85. The molecule has 1 saturated heterocycles. The third-order valence-electron chi connectivity index (χ3n) is 8.38. The monoisotopic (exact) mass is 517 g/mol. The Morgan fingerprint density at radius 3 is 2.11 bits per heavy atom. The molecular formula is C31H39N3O4. The number of likely N-dealkylation sites (tertiary alicyclic amines) is 1. The Morgan fingerprint density at radius 2 is 1.50 bits per heavy atom. The normalized spacial score (nSPS) is 22.0. The summed E-state index contributed by atoms with van der Waals surface area (Å²) >= 11 is 0. The molecule has 1 heterocycles. The van der Waals surface area contributed by atoms with Gasteiger partial charge in [-0.15, -0.1) is 0 Å². The molecule has 1 N–H and O–H groups in total. The van der Waals surface area contributed by atoms with E-state index in [0.717, 1.165) is 62.7 Å². The van der Waals surface area contributed by atoms with Gasteiger partial charge in [-0.3, -0.25) is 14.4 Å². The van der Waals surface area contributed by atoms with E-state index in [4.69, 9.17) is 4.74 Å². The van der Waals surface area contributed by atoms with Gasteiger partial charge in [0.1, 0.15) is 5.75 Å². The van der Waals surface area contributed by atoms with Crippen LogP contribution in [0.3, 0.4) is 0 Å². The zero-order valence-electron chi connectivity index (χ0n) is 22.3. The van der Waals surface area contributed by atoms with Crippen LogP contribution in [0.5, 0.6) is 5.75 Å². The summed E-state index contributed by atoms with van der Waals surface area (Å²) in [5.74, 6) is 1.40. The molecule has 0 atom stereocenters. The lowest BCUT2D eigenvalue weighted by Crippen LogP contribution is -2.48. The molecule has 2 aromatic rings. The first kappa shape index (κ1) is 26.3. The van der Waals surface area contributed by atoms with Gasteiger partial charge in [-0.1, -0.05) is 30.3 Å². The number of rotatable bonds is 8. The molecule has 2 saturated carbocycles. The number of hydrogen-bond acceptors (Lipinski definition) is 4. The Labute approximate surface area is 225 Å². The predicted molar refractivity (Wildman–Crippen MR) is 146 cm³/mol. The minimum Gasteiger partial charge on any atom is -0.497 e. The van der Waals surface area contributed by atoms with E-state index in [9.17, 15) is 14.4 Å². The van der Waals surface area contributed by atoms with Crippen molar-refractivity contribution in [1.29, 1.82) is 0 Å². The van der Waals surface area contributed by atoms with E-state index < -0.39 is 0 Å². The molecule has 0 radical (unpaired) electrons. The molecular weight excluding hydrogens is 478 g/mol. The summed E-state index contributed by atoms with van der Waals surface area (Å²) in [4.78, 5) is 42.9. The molecule has 3 fully saturated rings. The van der Waals surface area contributed by atoms with Crippen molar-refractivity contribution in [2.45, 2.75) is 70.0 Å². The largest absolute Gasteiger partial charge is 0.497 e. The Bertz CT molecular complexity index is 1100. The highest BCUT2D eigenvalue weighted by molar-refractivity contribution is 5.94. The molecule has 3 aliphatic rings. The van der Waals surface area contributed by atoms with Gasteiger partial charge >= 0.3 is 0 Å². The molecule has 1 aliphatic heterocycles. The number of methoxy groups -OCH3 is 1. The van der Waals surface area contributed by atoms with Gasteiger partial charge in [0.15, 0.2) is 0 Å². The predicted octanol–water partition coefficient (Wildman–Crippen LogP) is 4.41. The lowest BCUT2D eigenvalue weighted by Gasteiger charge is -2.38. The van der Waals surface area contributed by atoms with Crippen molar-refractivity contribution in [2.75, 3.05) is 20.2 Å². The number of nitrogens with one attached hydrogen (secondary N) is 1. The van der Waals surface area contributed by atoms with Gasteiger partial charge in [0.25, 0.3) is 5.91 Å². The Morgan fingerprint density at radius 1 is 0.842 bits per heavy atom. The molecule has 7 heteroatoms. The average Bonchev–Trinajstić information content (AvgIpc) is 3.82. The SMILES string of the molecule is COc1ccc(C(=O)N(Cc2ccccc2)C2CCC(NC(=O)C3CCN(C(=O)C4CC4)CC3)CC2)cc1. The molecule has 38 heavy (non-hydrogen) atoms. The second-order valence-corrected chi connectivity index (χ2v) is 11.0. The summed E-state index contributed by atoms with van der Waals surface area (Å²) in [5, 5.41) is 3.29. The Hall–Kier alpha value is -3.35. The first-order chi connectivity index (χ1) is 18.5. The third-order valence-corrected chi connectivity index (χ3v) is 8.38. The summed E-state index contributed by atoms with van der Waals surface area (Å²) < 4.78 is 5.26. The van der Waals surface area contributed by atoms with Crippen LogP contribution in [0, 0.1) is 11.8 Å². The first-order valence-electron chi connectivity index (χ1n) is 14.1. The summed E-state index contributed by atoms with van der Waals surface area (Å²) in [6.45, 7) is 1.95. The molecule has 5 rings (SSSR count). The minimum atomic E-state index is -0.0118. The molecule has 0 aromatic heterocycles. The van der Waals surface area contributed by atoms with Crippen LogP contribution in [0.4, 0.5) is 0 Å². The van der Waals surface area contributed by atoms with Gasteiger partial charge in [-0.05, 0) is 81.2 Å². The van der Waals surface area contributed by atoms with Gasteiger partial charge in [0.05, 0.1) is 7.11 Å². The van der Waals surface area contributed by atoms with E-state index in [2.05, 4.69) is 17.4 Å². The fraction of sp³-hybridized carbons (Fsp3) is 0.516. The van der Waals surface area contributed by atoms with E-state index in [1.54, 1.807) is 7.11 Å². The number of benzene rings is 2. The third kappa shape index (κ3) is 6.37. The van der Waals surface area contributed by atoms with E-state index >= 15 is 0 Å². The summed E-state index contributed by atoms with van der Waals surface area (Å²) in [6, 6.07) is 17.7. The number of piperidine rings is 1. The molecule has 0 spiro atoms. The molecule has 2 aliphatic carbocycles. The number of hydrogen-bond donors (Lipinski definition) is 1. The highest BCUT2D eigenvalue weighted by atomic mass is 16.5. The smallest absolute Gasteiger partial charge is 0.254 e. The van der Waals surface area contributed by atoms with Gasteiger partial charge in [-0.25, -0.2) is 0 Å². The van der Waals surface area contributed by atoms with Crippen LogP contribution in [0.2, 0.25) is 0 Å². The van der Waals surface area contributed by atoms with Gasteiger partial charge in [0, 0.05) is 49.1 Å². The van der Waals surface area contributed by atoms with Gasteiger partial charge < -0.3 is 19.9 Å². The van der Waals surface area contributed by atoms with Gasteiger partial charge in [-0.2, -0.15) is 0 Å². The van der Waals surface area contributed by atoms with Crippen molar-refractivity contribution in [2.24, 2.45) is 11.8 Å². The highest BCUT2D eigenvalue weighted by Crippen LogP contribution is 2.33. The number of carbonyl (C=O) groups is 3. The molecule has 2 aromatic carbocycles. The Kier molecular flexibility index (Phi) is 8.30. The standard InChI is InChI=1S/C31H39N3O4/c1-38-28-15-9-25(10-16-28)31(37)34(21-22-5-3-2-4-6-22)27-13-11-26(12-14-27)32-29(35)23-17-19-33(20-18-23)30(36)24-7-8-24/h2-6,9-10,15-16,23-24,26-27H,7-8,11-14,17-21H2,1H3,(H,32,35).